The molecule has 2 heteroatoms. The van der Waals surface area contributed by atoms with Gasteiger partial charge < -0.3 is 0 Å². The molecule has 0 N–H and O–H groups in total. The van der Waals surface area contributed by atoms with Crippen molar-refractivity contribution in [1.29, 1.82) is 0 Å². The second kappa shape index (κ2) is 10.7. The molecule has 0 radical (unpaired) electrons. The highest BCUT2D eigenvalue weighted by Gasteiger charge is 2.15. The molecule has 12 rings (SSSR count). The lowest BCUT2D eigenvalue weighted by Crippen LogP contribution is -1.84. The van der Waals surface area contributed by atoms with E-state index in [1.807, 2.05) is 22.7 Å². The van der Waals surface area contributed by atoms with Crippen LogP contribution in [0.15, 0.2) is 170 Å². The third kappa shape index (κ3) is 4.14. The van der Waals surface area contributed by atoms with Gasteiger partial charge in [0.05, 0.1) is 0 Å². The van der Waals surface area contributed by atoms with Crippen LogP contribution in [-0.2, 0) is 0 Å². The van der Waals surface area contributed by atoms with Crippen molar-refractivity contribution in [2.75, 3.05) is 0 Å². The van der Waals surface area contributed by atoms with Crippen LogP contribution in [0.2, 0.25) is 0 Å². The molecule has 12 aromatic rings. The highest BCUT2D eigenvalue weighted by atomic mass is 32.1. The molecule has 0 atom stereocenters. The minimum atomic E-state index is 1.27. The zero-order valence-electron chi connectivity index (χ0n) is 28.0. The van der Waals surface area contributed by atoms with E-state index in [1.54, 1.807) is 0 Å². The Labute approximate surface area is 307 Å². The summed E-state index contributed by atoms with van der Waals surface area (Å²) in [4.78, 5) is 0. The fourth-order valence-electron chi connectivity index (χ4n) is 8.71. The van der Waals surface area contributed by atoms with Crippen LogP contribution in [0, 0.1) is 0 Å². The van der Waals surface area contributed by atoms with Crippen molar-refractivity contribution in [1.82, 2.24) is 0 Å². The third-order valence-electron chi connectivity index (χ3n) is 11.2. The minimum absolute atomic E-state index is 1.27. The van der Waals surface area contributed by atoms with Gasteiger partial charge in [0.1, 0.15) is 0 Å². The molecule has 0 aliphatic heterocycles. The summed E-state index contributed by atoms with van der Waals surface area (Å²) < 4.78 is 5.35. The molecule has 0 fully saturated rings. The number of fused-ring (bicyclic) bond motifs is 13. The Kier molecular flexibility index (Phi) is 5.90. The monoisotopic (exact) mass is 692 g/mol. The summed E-state index contributed by atoms with van der Waals surface area (Å²) in [6.07, 6.45) is 0. The molecule has 10 aromatic carbocycles. The van der Waals surface area contributed by atoms with E-state index in [-0.39, 0.29) is 0 Å². The molecular weight excluding hydrogens is 665 g/mol. The SMILES string of the molecule is c1ccc2c(c1)cc(-c1ccc3c(c1)sc1cc4cc5sc6cc(-c7cc8ccccc8c8ccccc78)ccc6c5cc4cc13)c1ccccc12. The molecule has 240 valence electrons. The summed E-state index contributed by atoms with van der Waals surface area (Å²) in [5.74, 6) is 0. The third-order valence-corrected chi connectivity index (χ3v) is 13.4. The van der Waals surface area contributed by atoms with Crippen LogP contribution in [0.25, 0.3) is 116 Å². The van der Waals surface area contributed by atoms with Gasteiger partial charge in [0.15, 0.2) is 0 Å². The highest BCUT2D eigenvalue weighted by molar-refractivity contribution is 7.26. The van der Waals surface area contributed by atoms with Crippen LogP contribution < -0.4 is 0 Å². The Morgan fingerprint density at radius 2 is 0.615 bits per heavy atom. The second-order valence-corrected chi connectivity index (χ2v) is 16.2. The molecule has 0 saturated heterocycles. The maximum absolute atomic E-state index is 2.42. The largest absolute Gasteiger partial charge is 0.135 e. The van der Waals surface area contributed by atoms with Crippen molar-refractivity contribution >= 4 is 117 Å². The number of rotatable bonds is 2. The number of thiophene rings is 2. The van der Waals surface area contributed by atoms with E-state index in [4.69, 9.17) is 0 Å². The number of benzene rings is 10. The first-order chi connectivity index (χ1) is 25.7. The Hall–Kier alpha value is -6.06. The Morgan fingerprint density at radius 3 is 1.10 bits per heavy atom. The lowest BCUT2D eigenvalue weighted by Gasteiger charge is -2.11. The maximum atomic E-state index is 2.42. The van der Waals surface area contributed by atoms with Gasteiger partial charge in [0.2, 0.25) is 0 Å². The van der Waals surface area contributed by atoms with Crippen LogP contribution in [0.5, 0.6) is 0 Å². The van der Waals surface area contributed by atoms with Crippen molar-refractivity contribution in [2.45, 2.75) is 0 Å². The normalized spacial score (nSPS) is 12.2. The van der Waals surface area contributed by atoms with E-state index < -0.39 is 0 Å². The average Bonchev–Trinajstić information content (AvgIpc) is 3.74. The van der Waals surface area contributed by atoms with Gasteiger partial charge >= 0.3 is 0 Å². The predicted molar refractivity (Wildman–Crippen MR) is 231 cm³/mol. The maximum Gasteiger partial charge on any atom is 0.0361 e. The van der Waals surface area contributed by atoms with Gasteiger partial charge in [-0.15, -0.1) is 22.7 Å². The Bertz CT molecular complexity index is 3240. The Balaban J connectivity index is 0.996. The summed E-state index contributed by atoms with van der Waals surface area (Å²) in [7, 11) is 0. The lowest BCUT2D eigenvalue weighted by atomic mass is 9.93. The van der Waals surface area contributed by atoms with Gasteiger partial charge in [-0.1, -0.05) is 121 Å². The Morgan fingerprint density at radius 1 is 0.231 bits per heavy atom. The van der Waals surface area contributed by atoms with Gasteiger partial charge in [-0.3, -0.25) is 0 Å². The van der Waals surface area contributed by atoms with E-state index >= 15 is 0 Å². The molecule has 0 nitrogen and oxygen atoms in total. The van der Waals surface area contributed by atoms with Crippen LogP contribution in [0.3, 0.4) is 0 Å². The number of hydrogen-bond acceptors (Lipinski definition) is 2. The molecule has 0 aliphatic carbocycles. The van der Waals surface area contributed by atoms with E-state index in [1.165, 1.54) is 116 Å². The van der Waals surface area contributed by atoms with Crippen molar-refractivity contribution in [3.05, 3.63) is 170 Å². The molecule has 2 heterocycles. The van der Waals surface area contributed by atoms with Crippen molar-refractivity contribution in [3.8, 4) is 22.3 Å². The van der Waals surface area contributed by atoms with Crippen LogP contribution in [-0.4, -0.2) is 0 Å². The van der Waals surface area contributed by atoms with E-state index in [0.29, 0.717) is 0 Å². The molecule has 0 spiro atoms. The molecule has 0 unspecified atom stereocenters. The van der Waals surface area contributed by atoms with Crippen molar-refractivity contribution in [3.63, 3.8) is 0 Å². The van der Waals surface area contributed by atoms with Gasteiger partial charge in [0.25, 0.3) is 0 Å². The van der Waals surface area contributed by atoms with Crippen molar-refractivity contribution in [2.24, 2.45) is 0 Å². The van der Waals surface area contributed by atoms with Gasteiger partial charge in [-0.25, -0.2) is 0 Å². The average molecular weight is 693 g/mol. The summed E-state index contributed by atoms with van der Waals surface area (Å²) in [6, 6.07) is 63.7. The van der Waals surface area contributed by atoms with Crippen LogP contribution >= 0.6 is 22.7 Å². The second-order valence-electron chi connectivity index (χ2n) is 14.1. The van der Waals surface area contributed by atoms with Crippen LogP contribution in [0.1, 0.15) is 0 Å². The van der Waals surface area contributed by atoms with E-state index in [9.17, 15) is 0 Å². The molecule has 0 saturated carbocycles. The van der Waals surface area contributed by atoms with Crippen LogP contribution in [0.4, 0.5) is 0 Å². The molecule has 0 aliphatic rings. The first kappa shape index (κ1) is 28.6. The van der Waals surface area contributed by atoms with Gasteiger partial charge in [0, 0.05) is 40.3 Å². The molecule has 52 heavy (non-hydrogen) atoms. The fourth-order valence-corrected chi connectivity index (χ4v) is 11.1. The van der Waals surface area contributed by atoms with E-state index in [0.717, 1.165) is 0 Å². The molecule has 0 bridgehead atoms. The fraction of sp³-hybridized carbons (Fsp3) is 0. The van der Waals surface area contributed by atoms with Crippen molar-refractivity contribution < 1.29 is 0 Å². The summed E-state index contributed by atoms with van der Waals surface area (Å²) in [6.45, 7) is 0. The van der Waals surface area contributed by atoms with E-state index in [2.05, 4.69) is 170 Å². The molecule has 0 amide bonds. The standard InChI is InChI=1S/C50H28S2/c1-3-11-35-29(9-1)21-43(39-15-7-5-13-37(35)39)31-17-19-41-45-23-33-24-46-42-20-18-32(26-48(42)52-50(46)28-34(33)27-49(45)51-47(41)25-31)44-22-30-10-2-4-12-36(30)38-14-6-8-16-40(38)44/h1-28H. The lowest BCUT2D eigenvalue weighted by molar-refractivity contribution is 1.72. The van der Waals surface area contributed by atoms with Gasteiger partial charge in [-0.2, -0.15) is 0 Å². The van der Waals surface area contributed by atoms with Gasteiger partial charge in [-0.05, 0) is 125 Å². The topological polar surface area (TPSA) is 0 Å². The molecular formula is C50H28S2. The zero-order valence-corrected chi connectivity index (χ0v) is 29.6. The quantitative estimate of drug-likeness (QED) is 0.158. The summed E-state index contributed by atoms with van der Waals surface area (Å²) in [5.41, 5.74) is 5.13. The summed E-state index contributed by atoms with van der Waals surface area (Å²) >= 11 is 3.82. The smallest absolute Gasteiger partial charge is 0.0361 e. The summed E-state index contributed by atoms with van der Waals surface area (Å²) in [5, 5.41) is 18.4. The highest BCUT2D eigenvalue weighted by Crippen LogP contribution is 2.44. The molecule has 2 aromatic heterocycles. The minimum Gasteiger partial charge on any atom is -0.135 e. The predicted octanol–water partition coefficient (Wildman–Crippen LogP) is 15.5. The first-order valence-electron chi connectivity index (χ1n) is 17.8. The number of hydrogen-bond donors (Lipinski definition) is 0. The zero-order chi connectivity index (χ0) is 33.9. The first-order valence-corrected chi connectivity index (χ1v) is 19.4.